The summed E-state index contributed by atoms with van der Waals surface area (Å²) in [4.78, 5) is 24.2. The lowest BCUT2D eigenvalue weighted by molar-refractivity contribution is -0.122. The lowest BCUT2D eigenvalue weighted by Crippen LogP contribution is -2.35. The van der Waals surface area contributed by atoms with Gasteiger partial charge in [0.1, 0.15) is 0 Å². The minimum Gasteiger partial charge on any atom is -0.354 e. The summed E-state index contributed by atoms with van der Waals surface area (Å²) in [5.41, 5.74) is 1.63. The van der Waals surface area contributed by atoms with E-state index in [1.54, 1.807) is 24.3 Å². The lowest BCUT2D eigenvalue weighted by Gasteiger charge is -2.08. The molecule has 6 heteroatoms. The van der Waals surface area contributed by atoms with Gasteiger partial charge in [-0.2, -0.15) is 0 Å². The van der Waals surface area contributed by atoms with Crippen LogP contribution in [0.1, 0.15) is 28.3 Å². The molecular weight excluding hydrogens is 404 g/mol. The third-order valence-corrected chi connectivity index (χ3v) is 5.11. The minimum absolute atomic E-state index is 0.0282. The Kier molecular flexibility index (Phi) is 5.76. The molecule has 130 valence electrons. The molecule has 2 unspecified atom stereocenters. The monoisotopic (exact) mass is 420 g/mol. The van der Waals surface area contributed by atoms with Crippen LogP contribution in [0.4, 0.5) is 0 Å². The standard InChI is InChI=1S/C19H18BrClN2O2/c20-13-7-5-12(6-8-13)15-11-16(15)19(25)23-10-9-22-18(24)14-3-1-2-4-17(14)21/h1-8,15-16H,9-11H2,(H,22,24)(H,23,25). The van der Waals surface area contributed by atoms with E-state index < -0.39 is 0 Å². The number of rotatable bonds is 6. The van der Waals surface area contributed by atoms with Crippen molar-refractivity contribution in [2.75, 3.05) is 13.1 Å². The fourth-order valence-electron chi connectivity index (χ4n) is 2.80. The van der Waals surface area contributed by atoms with Crippen molar-refractivity contribution in [3.8, 4) is 0 Å². The van der Waals surface area contributed by atoms with Gasteiger partial charge >= 0.3 is 0 Å². The molecule has 1 saturated carbocycles. The van der Waals surface area contributed by atoms with Gasteiger partial charge < -0.3 is 10.6 Å². The molecule has 1 fully saturated rings. The van der Waals surface area contributed by atoms with Gasteiger partial charge in [0.05, 0.1) is 10.6 Å². The van der Waals surface area contributed by atoms with Gasteiger partial charge in [0, 0.05) is 23.5 Å². The number of carbonyl (C=O) groups excluding carboxylic acids is 2. The van der Waals surface area contributed by atoms with Crippen LogP contribution in [-0.2, 0) is 4.79 Å². The van der Waals surface area contributed by atoms with E-state index in [1.165, 1.54) is 5.56 Å². The van der Waals surface area contributed by atoms with E-state index in [1.807, 2.05) is 24.3 Å². The molecule has 0 aliphatic heterocycles. The zero-order chi connectivity index (χ0) is 17.8. The van der Waals surface area contributed by atoms with Crippen LogP contribution in [0.3, 0.4) is 0 Å². The predicted molar refractivity (Wildman–Crippen MR) is 102 cm³/mol. The molecule has 2 aromatic rings. The maximum absolute atomic E-state index is 12.2. The second-order valence-electron chi connectivity index (χ2n) is 6.03. The van der Waals surface area contributed by atoms with Crippen LogP contribution in [0.15, 0.2) is 53.0 Å². The highest BCUT2D eigenvalue weighted by Gasteiger charge is 2.43. The van der Waals surface area contributed by atoms with Crippen LogP contribution >= 0.6 is 27.5 Å². The van der Waals surface area contributed by atoms with Crippen LogP contribution in [0, 0.1) is 5.92 Å². The van der Waals surface area contributed by atoms with Crippen molar-refractivity contribution in [1.82, 2.24) is 10.6 Å². The van der Waals surface area contributed by atoms with Gasteiger partial charge in [-0.05, 0) is 42.2 Å². The van der Waals surface area contributed by atoms with Crippen molar-refractivity contribution in [2.45, 2.75) is 12.3 Å². The molecule has 25 heavy (non-hydrogen) atoms. The van der Waals surface area contributed by atoms with Gasteiger partial charge in [-0.25, -0.2) is 0 Å². The van der Waals surface area contributed by atoms with E-state index in [2.05, 4.69) is 26.6 Å². The van der Waals surface area contributed by atoms with Crippen molar-refractivity contribution < 1.29 is 9.59 Å². The Balaban J connectivity index is 1.40. The summed E-state index contributed by atoms with van der Waals surface area (Å²) >= 11 is 9.39. The van der Waals surface area contributed by atoms with Gasteiger partial charge in [0.2, 0.25) is 5.91 Å². The number of halogens is 2. The van der Waals surface area contributed by atoms with Crippen LogP contribution in [0.25, 0.3) is 0 Å². The molecule has 1 aliphatic rings. The van der Waals surface area contributed by atoms with Crippen molar-refractivity contribution in [3.63, 3.8) is 0 Å². The molecule has 2 amide bonds. The van der Waals surface area contributed by atoms with Crippen molar-refractivity contribution >= 4 is 39.3 Å². The van der Waals surface area contributed by atoms with Gasteiger partial charge in [-0.15, -0.1) is 0 Å². The Labute approximate surface area is 160 Å². The predicted octanol–water partition coefficient (Wildman–Crippen LogP) is 3.75. The maximum Gasteiger partial charge on any atom is 0.252 e. The van der Waals surface area contributed by atoms with Crippen LogP contribution < -0.4 is 10.6 Å². The number of nitrogens with one attached hydrogen (secondary N) is 2. The zero-order valence-electron chi connectivity index (χ0n) is 13.5. The topological polar surface area (TPSA) is 58.2 Å². The molecule has 2 N–H and O–H groups in total. The average molecular weight is 422 g/mol. The van der Waals surface area contributed by atoms with E-state index in [-0.39, 0.29) is 17.7 Å². The molecule has 1 aliphatic carbocycles. The van der Waals surface area contributed by atoms with E-state index in [0.29, 0.717) is 29.6 Å². The van der Waals surface area contributed by atoms with Crippen LogP contribution in [0.2, 0.25) is 5.02 Å². The summed E-state index contributed by atoms with van der Waals surface area (Å²) in [6.45, 7) is 0.768. The number of amides is 2. The second kappa shape index (κ2) is 8.02. The lowest BCUT2D eigenvalue weighted by atomic mass is 10.1. The Morgan fingerprint density at radius 3 is 2.44 bits per heavy atom. The Bertz CT molecular complexity index is 779. The van der Waals surface area contributed by atoms with Gasteiger partial charge in [0.25, 0.3) is 5.91 Å². The molecule has 0 radical (unpaired) electrons. The molecular formula is C19H18BrClN2O2. The molecule has 0 aromatic heterocycles. The first-order valence-corrected chi connectivity index (χ1v) is 9.29. The molecule has 3 rings (SSSR count). The van der Waals surface area contributed by atoms with Crippen molar-refractivity contribution in [3.05, 3.63) is 69.2 Å². The molecule has 2 aromatic carbocycles. The van der Waals surface area contributed by atoms with E-state index in [4.69, 9.17) is 11.6 Å². The highest BCUT2D eigenvalue weighted by molar-refractivity contribution is 9.10. The summed E-state index contributed by atoms with van der Waals surface area (Å²) in [6, 6.07) is 15.0. The normalized spacial score (nSPS) is 18.5. The van der Waals surface area contributed by atoms with Gasteiger partial charge in [-0.1, -0.05) is 51.8 Å². The SMILES string of the molecule is O=C(NCCNC(=O)C1CC1c1ccc(Br)cc1)c1ccccc1Cl. The fraction of sp³-hybridized carbons (Fsp3) is 0.263. The largest absolute Gasteiger partial charge is 0.354 e. The molecule has 4 nitrogen and oxygen atoms in total. The van der Waals surface area contributed by atoms with Crippen LogP contribution in [-0.4, -0.2) is 24.9 Å². The first-order chi connectivity index (χ1) is 12.1. The van der Waals surface area contributed by atoms with E-state index in [0.717, 1.165) is 10.9 Å². The number of hydrogen-bond acceptors (Lipinski definition) is 2. The minimum atomic E-state index is -0.237. The molecule has 2 atom stereocenters. The maximum atomic E-state index is 12.2. The average Bonchev–Trinajstić information content (AvgIpc) is 3.40. The summed E-state index contributed by atoms with van der Waals surface area (Å²) in [6.07, 6.45) is 0.874. The van der Waals surface area contributed by atoms with Crippen molar-refractivity contribution in [2.24, 2.45) is 5.92 Å². The third-order valence-electron chi connectivity index (χ3n) is 4.25. The first-order valence-electron chi connectivity index (χ1n) is 8.12. The molecule has 0 heterocycles. The van der Waals surface area contributed by atoms with Gasteiger partial charge in [0.15, 0.2) is 0 Å². The quantitative estimate of drug-likeness (QED) is 0.698. The molecule has 0 saturated heterocycles. The molecule has 0 bridgehead atoms. The van der Waals surface area contributed by atoms with E-state index >= 15 is 0 Å². The van der Waals surface area contributed by atoms with Crippen LogP contribution in [0.5, 0.6) is 0 Å². The highest BCUT2D eigenvalue weighted by Crippen LogP contribution is 2.47. The highest BCUT2D eigenvalue weighted by atomic mass is 79.9. The Hall–Kier alpha value is -1.85. The number of carbonyl (C=O) groups is 2. The van der Waals surface area contributed by atoms with E-state index in [9.17, 15) is 9.59 Å². The summed E-state index contributed by atoms with van der Waals surface area (Å²) < 4.78 is 1.03. The summed E-state index contributed by atoms with van der Waals surface area (Å²) in [5.74, 6) is 0.130. The fourth-order valence-corrected chi connectivity index (χ4v) is 3.28. The third kappa shape index (κ3) is 4.61. The van der Waals surface area contributed by atoms with Gasteiger partial charge in [-0.3, -0.25) is 9.59 Å². The zero-order valence-corrected chi connectivity index (χ0v) is 15.8. The number of hydrogen-bond donors (Lipinski definition) is 2. The molecule has 0 spiro atoms. The first kappa shape index (κ1) is 18.0. The smallest absolute Gasteiger partial charge is 0.252 e. The summed E-state index contributed by atoms with van der Waals surface area (Å²) in [5, 5.41) is 6.06. The number of benzene rings is 2. The van der Waals surface area contributed by atoms with Crippen molar-refractivity contribution in [1.29, 1.82) is 0 Å². The summed E-state index contributed by atoms with van der Waals surface area (Å²) in [7, 11) is 0. The Morgan fingerprint density at radius 2 is 1.72 bits per heavy atom. The second-order valence-corrected chi connectivity index (χ2v) is 7.35. The Morgan fingerprint density at radius 1 is 1.04 bits per heavy atom.